The average molecular weight is 238 g/mol. The van der Waals surface area contributed by atoms with Gasteiger partial charge in [0.1, 0.15) is 0 Å². The van der Waals surface area contributed by atoms with Gasteiger partial charge in [-0.25, -0.2) is 0 Å². The van der Waals surface area contributed by atoms with E-state index in [0.717, 1.165) is 6.54 Å². The lowest BCUT2D eigenvalue weighted by atomic mass is 10.1. The largest absolute Gasteiger partial charge is 0.315 e. The topological polar surface area (TPSA) is 15.3 Å². The van der Waals surface area contributed by atoms with E-state index < -0.39 is 0 Å². The number of rotatable bonds is 2. The first-order chi connectivity index (χ1) is 7.68. The van der Waals surface area contributed by atoms with Crippen LogP contribution in [0.1, 0.15) is 34.7 Å². The molecule has 0 radical (unpaired) electrons. The molecule has 0 aliphatic carbocycles. The molecule has 1 aliphatic rings. The van der Waals surface area contributed by atoms with Crippen LogP contribution in [0.3, 0.4) is 0 Å². The molecule has 16 heavy (non-hydrogen) atoms. The molecule has 0 saturated carbocycles. The Kier molecular flexibility index (Phi) is 4.00. The lowest BCUT2D eigenvalue weighted by molar-refractivity contribution is 0.225. The van der Waals surface area contributed by atoms with Crippen molar-refractivity contribution in [1.29, 1.82) is 0 Å². The second-order valence-electron chi connectivity index (χ2n) is 4.68. The summed E-state index contributed by atoms with van der Waals surface area (Å²) >= 11 is 1.92. The highest BCUT2D eigenvalue weighted by atomic mass is 32.1. The Labute approximate surface area is 103 Å². The summed E-state index contributed by atoms with van der Waals surface area (Å²) in [6, 6.07) is 2.94. The minimum absolute atomic E-state index is 0.574. The van der Waals surface area contributed by atoms with E-state index >= 15 is 0 Å². The zero-order valence-electron chi connectivity index (χ0n) is 10.5. The van der Waals surface area contributed by atoms with E-state index in [-0.39, 0.29) is 0 Å². The van der Waals surface area contributed by atoms with Gasteiger partial charge in [-0.1, -0.05) is 0 Å². The van der Waals surface area contributed by atoms with Crippen LogP contribution in [-0.2, 0) is 0 Å². The van der Waals surface area contributed by atoms with Crippen LogP contribution in [0.15, 0.2) is 6.07 Å². The Morgan fingerprint density at radius 2 is 2.12 bits per heavy atom. The van der Waals surface area contributed by atoms with Crippen LogP contribution in [0.4, 0.5) is 0 Å². The van der Waals surface area contributed by atoms with Gasteiger partial charge in [0.05, 0.1) is 0 Å². The van der Waals surface area contributed by atoms with Crippen molar-refractivity contribution in [1.82, 2.24) is 10.2 Å². The lowest BCUT2D eigenvalue weighted by Crippen LogP contribution is -2.30. The van der Waals surface area contributed by atoms with Crippen molar-refractivity contribution >= 4 is 11.3 Å². The van der Waals surface area contributed by atoms with Gasteiger partial charge >= 0.3 is 0 Å². The van der Waals surface area contributed by atoms with Crippen LogP contribution in [-0.4, -0.2) is 31.1 Å². The van der Waals surface area contributed by atoms with Crippen LogP contribution < -0.4 is 5.32 Å². The normalized spacial score (nSPS) is 20.7. The van der Waals surface area contributed by atoms with Gasteiger partial charge in [0.15, 0.2) is 0 Å². The van der Waals surface area contributed by atoms with Gasteiger partial charge in [-0.2, -0.15) is 0 Å². The maximum absolute atomic E-state index is 3.46. The quantitative estimate of drug-likeness (QED) is 0.852. The molecule has 1 aromatic rings. The maximum Gasteiger partial charge on any atom is 0.0331 e. The number of nitrogens with zero attached hydrogens (tertiary/aromatic N) is 1. The van der Waals surface area contributed by atoms with Crippen LogP contribution in [0.25, 0.3) is 0 Å². The molecule has 1 aliphatic heterocycles. The highest BCUT2D eigenvalue weighted by Crippen LogP contribution is 2.29. The average Bonchev–Trinajstić information content (AvgIpc) is 2.49. The van der Waals surface area contributed by atoms with Crippen molar-refractivity contribution in [2.45, 2.75) is 33.2 Å². The molecular formula is C13H22N2S. The summed E-state index contributed by atoms with van der Waals surface area (Å²) in [5.41, 5.74) is 1.53. The van der Waals surface area contributed by atoms with Crippen LogP contribution in [0.5, 0.6) is 0 Å². The molecule has 1 N–H and O–H groups in total. The van der Waals surface area contributed by atoms with Gasteiger partial charge in [0.2, 0.25) is 0 Å². The predicted octanol–water partition coefficient (Wildman–Crippen LogP) is 2.72. The highest BCUT2D eigenvalue weighted by molar-refractivity contribution is 7.12. The summed E-state index contributed by atoms with van der Waals surface area (Å²) < 4.78 is 0. The fourth-order valence-corrected chi connectivity index (χ4v) is 3.53. The molecule has 2 rings (SSSR count). The van der Waals surface area contributed by atoms with E-state index in [1.165, 1.54) is 41.4 Å². The molecule has 1 aromatic heterocycles. The zero-order valence-corrected chi connectivity index (χ0v) is 11.4. The molecule has 0 aromatic carbocycles. The zero-order chi connectivity index (χ0) is 11.5. The smallest absolute Gasteiger partial charge is 0.0331 e. The Bertz CT molecular complexity index is 338. The minimum Gasteiger partial charge on any atom is -0.315 e. The van der Waals surface area contributed by atoms with Gasteiger partial charge in [0.25, 0.3) is 0 Å². The van der Waals surface area contributed by atoms with Crippen LogP contribution in [0, 0.1) is 13.8 Å². The van der Waals surface area contributed by atoms with Crippen molar-refractivity contribution in [3.63, 3.8) is 0 Å². The fraction of sp³-hybridized carbons (Fsp3) is 0.692. The molecule has 2 heterocycles. The second kappa shape index (κ2) is 5.30. The minimum atomic E-state index is 0.574. The first-order valence-corrected chi connectivity index (χ1v) is 7.02. The molecule has 1 unspecified atom stereocenters. The first-order valence-electron chi connectivity index (χ1n) is 6.20. The monoisotopic (exact) mass is 238 g/mol. The van der Waals surface area contributed by atoms with Crippen molar-refractivity contribution in [3.05, 3.63) is 21.4 Å². The van der Waals surface area contributed by atoms with Crippen molar-refractivity contribution in [2.24, 2.45) is 0 Å². The summed E-state index contributed by atoms with van der Waals surface area (Å²) in [5, 5.41) is 3.46. The van der Waals surface area contributed by atoms with E-state index in [1.54, 1.807) is 0 Å². The van der Waals surface area contributed by atoms with Gasteiger partial charge in [0, 0.05) is 28.9 Å². The number of nitrogens with one attached hydrogen (secondary N) is 1. The fourth-order valence-electron chi connectivity index (χ4n) is 2.52. The third-order valence-electron chi connectivity index (χ3n) is 3.45. The number of hydrogen-bond acceptors (Lipinski definition) is 3. The maximum atomic E-state index is 3.46. The standard InChI is InChI=1S/C13H22N2S/c1-10-9-13(12(3)16-10)11(2)15-7-4-5-14-6-8-15/h9,11,14H,4-8H2,1-3H3. The molecule has 1 atom stereocenters. The molecule has 90 valence electrons. The molecule has 1 saturated heterocycles. The van der Waals surface area contributed by atoms with Crippen molar-refractivity contribution in [3.8, 4) is 0 Å². The molecule has 1 fully saturated rings. The van der Waals surface area contributed by atoms with Gasteiger partial charge in [-0.15, -0.1) is 11.3 Å². The number of aryl methyl sites for hydroxylation is 2. The highest BCUT2D eigenvalue weighted by Gasteiger charge is 2.19. The van der Waals surface area contributed by atoms with Crippen molar-refractivity contribution < 1.29 is 0 Å². The lowest BCUT2D eigenvalue weighted by Gasteiger charge is -2.27. The molecule has 0 spiro atoms. The Morgan fingerprint density at radius 3 is 2.81 bits per heavy atom. The van der Waals surface area contributed by atoms with Crippen molar-refractivity contribution in [2.75, 3.05) is 26.2 Å². The predicted molar refractivity (Wildman–Crippen MR) is 71.3 cm³/mol. The molecule has 0 amide bonds. The second-order valence-corrected chi connectivity index (χ2v) is 6.14. The van der Waals surface area contributed by atoms with Crippen LogP contribution in [0.2, 0.25) is 0 Å². The number of hydrogen-bond donors (Lipinski definition) is 1. The Morgan fingerprint density at radius 1 is 1.31 bits per heavy atom. The SMILES string of the molecule is Cc1cc(C(C)N2CCCNCC2)c(C)s1. The Hall–Kier alpha value is -0.380. The van der Waals surface area contributed by atoms with Gasteiger partial charge in [-0.3, -0.25) is 4.90 Å². The van der Waals surface area contributed by atoms with E-state index in [1.807, 2.05) is 11.3 Å². The molecule has 3 heteroatoms. The molecule has 0 bridgehead atoms. The third kappa shape index (κ3) is 2.65. The number of thiophene rings is 1. The summed E-state index contributed by atoms with van der Waals surface area (Å²) in [4.78, 5) is 5.53. The van der Waals surface area contributed by atoms with E-state index in [2.05, 4.69) is 37.1 Å². The summed E-state index contributed by atoms with van der Waals surface area (Å²) in [7, 11) is 0. The first kappa shape index (κ1) is 12.1. The van der Waals surface area contributed by atoms with Crippen LogP contribution >= 0.6 is 11.3 Å². The van der Waals surface area contributed by atoms with Gasteiger partial charge < -0.3 is 5.32 Å². The summed E-state index contributed by atoms with van der Waals surface area (Å²) in [6.07, 6.45) is 1.27. The summed E-state index contributed by atoms with van der Waals surface area (Å²) in [5.74, 6) is 0. The molecular weight excluding hydrogens is 216 g/mol. The van der Waals surface area contributed by atoms with E-state index in [4.69, 9.17) is 0 Å². The molecule has 2 nitrogen and oxygen atoms in total. The Balaban J connectivity index is 2.10. The van der Waals surface area contributed by atoms with E-state index in [9.17, 15) is 0 Å². The van der Waals surface area contributed by atoms with Gasteiger partial charge in [-0.05, 0) is 51.9 Å². The summed E-state index contributed by atoms with van der Waals surface area (Å²) in [6.45, 7) is 11.5. The van der Waals surface area contributed by atoms with E-state index in [0.29, 0.717) is 6.04 Å². The third-order valence-corrected chi connectivity index (χ3v) is 4.43.